The summed E-state index contributed by atoms with van der Waals surface area (Å²) in [5, 5.41) is 9.64. The second-order valence-corrected chi connectivity index (χ2v) is 15.1. The van der Waals surface area contributed by atoms with Crippen LogP contribution in [0.1, 0.15) is 86.9 Å². The number of nitrogens with zero attached hydrogens (tertiary/aromatic N) is 4. The highest BCUT2D eigenvalue weighted by molar-refractivity contribution is 7.18. The number of benzene rings is 2. The molecule has 5 amide bonds. The van der Waals surface area contributed by atoms with Crippen LogP contribution in [-0.4, -0.2) is 96.2 Å². The molecule has 15 heteroatoms. The summed E-state index contributed by atoms with van der Waals surface area (Å²) in [6.45, 7) is 2.47. The van der Waals surface area contributed by atoms with Gasteiger partial charge in [0.05, 0.1) is 58.0 Å². The molecule has 0 radical (unpaired) electrons. The highest BCUT2D eigenvalue weighted by Gasteiger charge is 2.45. The maximum Gasteiger partial charge on any atom is 0.264 e. The lowest BCUT2D eigenvalue weighted by molar-refractivity contribution is -0.136. The number of carbonyl (C=O) groups is 5. The maximum atomic E-state index is 13.4. The molecule has 2 fully saturated rings. The molecular weight excluding hydrogens is 711 g/mol. The first-order valence-electron chi connectivity index (χ1n) is 18.2. The number of rotatable bonds is 13. The van der Waals surface area contributed by atoms with E-state index in [1.165, 1.54) is 13.3 Å². The number of piperidine rings is 1. The molecule has 54 heavy (non-hydrogen) atoms. The van der Waals surface area contributed by atoms with Gasteiger partial charge in [-0.3, -0.25) is 39.2 Å². The Hall–Kier alpha value is -5.41. The number of hydrogen-bond acceptors (Lipinski definition) is 12. The zero-order valence-electron chi connectivity index (χ0n) is 30.5. The number of aromatic nitrogens is 2. The van der Waals surface area contributed by atoms with Crippen molar-refractivity contribution in [3.05, 3.63) is 70.5 Å². The van der Waals surface area contributed by atoms with E-state index in [0.717, 1.165) is 65.3 Å². The molecule has 7 rings (SSSR count). The number of amides is 5. The van der Waals surface area contributed by atoms with Crippen LogP contribution in [0.4, 0.5) is 11.4 Å². The minimum atomic E-state index is -0.990. The molecule has 0 bridgehead atoms. The van der Waals surface area contributed by atoms with Crippen LogP contribution in [0.5, 0.6) is 11.5 Å². The van der Waals surface area contributed by atoms with Gasteiger partial charge in [0.1, 0.15) is 17.5 Å². The molecule has 1 saturated heterocycles. The second kappa shape index (κ2) is 15.9. The molecule has 0 spiro atoms. The van der Waals surface area contributed by atoms with Gasteiger partial charge in [-0.15, -0.1) is 11.3 Å². The number of carbonyl (C=O) groups excluding carboxylic acids is 5. The van der Waals surface area contributed by atoms with Crippen LogP contribution in [0.15, 0.2) is 48.8 Å². The van der Waals surface area contributed by atoms with E-state index < -0.39 is 29.7 Å². The van der Waals surface area contributed by atoms with Crippen molar-refractivity contribution < 1.29 is 33.4 Å². The first-order chi connectivity index (χ1) is 26.1. The predicted molar refractivity (Wildman–Crippen MR) is 203 cm³/mol. The van der Waals surface area contributed by atoms with Crippen LogP contribution >= 0.6 is 11.3 Å². The largest absolute Gasteiger partial charge is 0.495 e. The van der Waals surface area contributed by atoms with E-state index in [1.807, 2.05) is 12.1 Å². The van der Waals surface area contributed by atoms with E-state index in [9.17, 15) is 24.0 Å². The van der Waals surface area contributed by atoms with Gasteiger partial charge in [0.2, 0.25) is 11.8 Å². The third-order valence-electron chi connectivity index (χ3n) is 10.5. The number of pyridine rings is 1. The van der Waals surface area contributed by atoms with Crippen molar-refractivity contribution in [2.45, 2.75) is 56.9 Å². The Morgan fingerprint density at radius 1 is 1.00 bits per heavy atom. The third kappa shape index (κ3) is 7.64. The predicted octanol–water partition coefficient (Wildman–Crippen LogP) is 5.07. The van der Waals surface area contributed by atoms with Crippen LogP contribution in [-0.2, 0) is 9.59 Å². The van der Waals surface area contributed by atoms with Crippen molar-refractivity contribution in [2.75, 3.05) is 51.5 Å². The Bertz CT molecular complexity index is 2110. The quantitative estimate of drug-likeness (QED) is 0.123. The van der Waals surface area contributed by atoms with E-state index >= 15 is 0 Å². The maximum absolute atomic E-state index is 13.4. The molecule has 3 N–H and O–H groups in total. The molecule has 4 aromatic rings. The fraction of sp³-hybridized carbons (Fsp3) is 0.410. The smallest absolute Gasteiger partial charge is 0.264 e. The Morgan fingerprint density at radius 3 is 2.57 bits per heavy atom. The summed E-state index contributed by atoms with van der Waals surface area (Å²) in [7, 11) is 5.24. The molecular formula is C39H43N7O7S. The normalized spacial score (nSPS) is 19.9. The molecule has 2 aliphatic heterocycles. The summed E-state index contributed by atoms with van der Waals surface area (Å²) in [6.07, 6.45) is 8.42. The van der Waals surface area contributed by atoms with Crippen LogP contribution in [0.3, 0.4) is 0 Å². The molecule has 2 aromatic carbocycles. The zero-order chi connectivity index (χ0) is 37.9. The lowest BCUT2D eigenvalue weighted by atomic mass is 9.82. The lowest BCUT2D eigenvalue weighted by Gasteiger charge is -2.30. The molecule has 4 heterocycles. The average molecular weight is 754 g/mol. The standard InChI is InChI=1S/C39H43N7O7S/c1-45(15-5-14-41-27-7-4-6-26-34(27)39(51)46(38(26)50)30-12-13-33(47)44-36(30)49)21-22-8-10-23(11-9-22)37-43-29-17-31(53-3)28(18-32(29)54-37)42-35(48)24-16-25(52-2)20-40-19-24/h4,6-7,16-20,22-23,30,41H,5,8-15,21H2,1-3H3,(H,42,48)(H,44,47,49)/t22-,23-,30?. The summed E-state index contributed by atoms with van der Waals surface area (Å²) in [6, 6.07) is 9.56. The van der Waals surface area contributed by atoms with Gasteiger partial charge in [-0.1, -0.05) is 6.07 Å². The molecule has 14 nitrogen and oxygen atoms in total. The van der Waals surface area contributed by atoms with Gasteiger partial charge in [0.15, 0.2) is 0 Å². The topological polar surface area (TPSA) is 172 Å². The number of fused-ring (bicyclic) bond motifs is 2. The number of imide groups is 2. The Kier molecular flexibility index (Phi) is 10.9. The second-order valence-electron chi connectivity index (χ2n) is 14.1. The van der Waals surface area contributed by atoms with Crippen LogP contribution in [0.25, 0.3) is 10.2 Å². The van der Waals surface area contributed by atoms with Gasteiger partial charge in [-0.05, 0) is 82.3 Å². The van der Waals surface area contributed by atoms with Gasteiger partial charge >= 0.3 is 0 Å². The molecule has 1 saturated carbocycles. The van der Waals surface area contributed by atoms with Gasteiger partial charge in [-0.2, -0.15) is 0 Å². The summed E-state index contributed by atoms with van der Waals surface area (Å²) < 4.78 is 11.8. The van der Waals surface area contributed by atoms with E-state index in [-0.39, 0.29) is 29.9 Å². The number of methoxy groups -OCH3 is 2. The minimum Gasteiger partial charge on any atom is -0.495 e. The van der Waals surface area contributed by atoms with Crippen LogP contribution in [0, 0.1) is 5.92 Å². The lowest BCUT2D eigenvalue weighted by Crippen LogP contribution is -2.54. The Labute approximate surface area is 316 Å². The van der Waals surface area contributed by atoms with Crippen molar-refractivity contribution >= 4 is 62.5 Å². The van der Waals surface area contributed by atoms with E-state index in [2.05, 4.69) is 32.9 Å². The summed E-state index contributed by atoms with van der Waals surface area (Å²) in [4.78, 5) is 76.0. The van der Waals surface area contributed by atoms with Gasteiger partial charge in [-0.25, -0.2) is 4.98 Å². The van der Waals surface area contributed by atoms with Gasteiger partial charge < -0.3 is 25.0 Å². The average Bonchev–Trinajstić information content (AvgIpc) is 3.70. The van der Waals surface area contributed by atoms with Gasteiger partial charge in [0, 0.05) is 43.4 Å². The SMILES string of the molecule is COc1cncc(C(=O)Nc2cc3sc([C@H]4CC[C@H](CN(C)CCCNc5cccc6c5C(=O)N(C5CCC(=O)NC5=O)C6=O)CC4)nc3cc2OC)c1. The summed E-state index contributed by atoms with van der Waals surface area (Å²) in [5.41, 5.74) is 2.92. The van der Waals surface area contributed by atoms with Crippen LogP contribution < -0.4 is 25.4 Å². The van der Waals surface area contributed by atoms with E-state index in [1.54, 1.807) is 48.9 Å². The van der Waals surface area contributed by atoms with E-state index in [4.69, 9.17) is 14.5 Å². The van der Waals surface area contributed by atoms with Crippen molar-refractivity contribution in [3.8, 4) is 11.5 Å². The first-order valence-corrected chi connectivity index (χ1v) is 19.0. The number of ether oxygens (including phenoxy) is 2. The fourth-order valence-corrected chi connectivity index (χ4v) is 8.78. The number of thiazole rings is 1. The molecule has 1 atom stereocenters. The Balaban J connectivity index is 0.884. The third-order valence-corrected chi connectivity index (χ3v) is 11.6. The summed E-state index contributed by atoms with van der Waals surface area (Å²) in [5.74, 6) is -0.340. The highest BCUT2D eigenvalue weighted by Crippen LogP contribution is 2.41. The monoisotopic (exact) mass is 753 g/mol. The molecule has 2 aromatic heterocycles. The fourth-order valence-electron chi connectivity index (χ4n) is 7.62. The Morgan fingerprint density at radius 2 is 1.81 bits per heavy atom. The van der Waals surface area contributed by atoms with Crippen molar-refractivity contribution in [1.82, 2.24) is 25.1 Å². The van der Waals surface area contributed by atoms with Crippen molar-refractivity contribution in [2.24, 2.45) is 5.92 Å². The minimum absolute atomic E-state index is 0.0821. The number of nitrogens with one attached hydrogen (secondary N) is 3. The van der Waals surface area contributed by atoms with Crippen molar-refractivity contribution in [1.29, 1.82) is 0 Å². The number of anilines is 2. The molecule has 1 aliphatic carbocycles. The molecule has 282 valence electrons. The van der Waals surface area contributed by atoms with Crippen molar-refractivity contribution in [3.63, 3.8) is 0 Å². The molecule has 1 unspecified atom stereocenters. The van der Waals surface area contributed by atoms with E-state index in [0.29, 0.717) is 46.8 Å². The zero-order valence-corrected chi connectivity index (χ0v) is 31.3. The van der Waals surface area contributed by atoms with Gasteiger partial charge in [0.25, 0.3) is 17.7 Å². The summed E-state index contributed by atoms with van der Waals surface area (Å²) >= 11 is 1.67. The van der Waals surface area contributed by atoms with Crippen LogP contribution in [0.2, 0.25) is 0 Å². The highest BCUT2D eigenvalue weighted by atomic mass is 32.1. The first kappa shape index (κ1) is 36.9. The number of hydrogen-bond donors (Lipinski definition) is 3. The molecule has 3 aliphatic rings.